The van der Waals surface area contributed by atoms with Crippen LogP contribution in [-0.2, 0) is 27.6 Å². The maximum absolute atomic E-state index is 13.9. The second kappa shape index (κ2) is 11.1. The summed E-state index contributed by atoms with van der Waals surface area (Å²) in [7, 11) is 1.09. The van der Waals surface area contributed by atoms with E-state index < -0.39 is 63.9 Å². The number of alkyl halides is 6. The molecular weight excluding hydrogens is 551 g/mol. The summed E-state index contributed by atoms with van der Waals surface area (Å²) in [5.41, 5.74) is -4.57. The monoisotopic (exact) mass is 571 g/mol. The number of carbonyl (C=O) groups excluding carboxylic acids is 2. The second-order valence-electron chi connectivity index (χ2n) is 7.92. The molecule has 16 heteroatoms. The summed E-state index contributed by atoms with van der Waals surface area (Å²) in [6.45, 7) is -0.810. The number of ether oxygens (including phenoxy) is 1. The summed E-state index contributed by atoms with van der Waals surface area (Å²) in [5, 5.41) is 0. The lowest BCUT2D eigenvalue weighted by atomic mass is 10.1. The molecule has 1 fully saturated rings. The number of benzene rings is 2. The molecule has 1 atom stereocenters. The first kappa shape index (κ1) is 29.2. The highest BCUT2D eigenvalue weighted by Crippen LogP contribution is 2.47. The van der Waals surface area contributed by atoms with Crippen LogP contribution in [0.3, 0.4) is 0 Å². The first-order valence-corrected chi connectivity index (χ1v) is 12.1. The molecule has 2 aromatic rings. The predicted octanol–water partition coefficient (Wildman–Crippen LogP) is 5.05. The van der Waals surface area contributed by atoms with Crippen molar-refractivity contribution in [3.63, 3.8) is 0 Å². The van der Waals surface area contributed by atoms with Crippen LogP contribution in [0.25, 0.3) is 0 Å². The molecule has 0 saturated carbocycles. The number of carbonyl (C=O) groups is 2. The molecule has 3 amide bonds. The minimum Gasteiger partial charge on any atom is -0.407 e. The van der Waals surface area contributed by atoms with Crippen LogP contribution in [0.1, 0.15) is 11.1 Å². The number of amides is 3. The summed E-state index contributed by atoms with van der Waals surface area (Å²) in [6.07, 6.45) is -10.9. The van der Waals surface area contributed by atoms with Gasteiger partial charge in [-0.05, 0) is 36.4 Å². The van der Waals surface area contributed by atoms with Crippen molar-refractivity contribution in [1.82, 2.24) is 4.90 Å². The Bertz CT molecular complexity index is 1220. The molecule has 2 aromatic carbocycles. The van der Waals surface area contributed by atoms with Crippen LogP contribution < -0.4 is 14.5 Å². The van der Waals surface area contributed by atoms with Crippen LogP contribution in [-0.4, -0.2) is 60.8 Å². The van der Waals surface area contributed by atoms with Crippen LogP contribution in [0.2, 0.25) is 0 Å². The third-order valence-corrected chi connectivity index (χ3v) is 5.87. The Morgan fingerprint density at radius 1 is 1.05 bits per heavy atom. The van der Waals surface area contributed by atoms with E-state index >= 15 is 0 Å². The van der Waals surface area contributed by atoms with Crippen LogP contribution in [0, 0.1) is 5.82 Å². The topological polar surface area (TPSA) is 79.4 Å². The lowest BCUT2D eigenvalue weighted by Crippen LogP contribution is -2.35. The number of hydrogen-bond donors (Lipinski definition) is 0. The van der Waals surface area contributed by atoms with E-state index in [1.54, 1.807) is 0 Å². The van der Waals surface area contributed by atoms with Crippen molar-refractivity contribution in [3.8, 4) is 5.75 Å². The van der Waals surface area contributed by atoms with Crippen LogP contribution in [0.4, 0.5) is 51.7 Å². The van der Waals surface area contributed by atoms with Crippen molar-refractivity contribution in [2.24, 2.45) is 0 Å². The Balaban J connectivity index is 2.06. The fourth-order valence-electron chi connectivity index (χ4n) is 3.50. The Hall–Kier alpha value is -3.40. The number of halogens is 7. The van der Waals surface area contributed by atoms with E-state index in [1.165, 1.54) is 6.26 Å². The lowest BCUT2D eigenvalue weighted by Gasteiger charge is -2.26. The minimum atomic E-state index is -5.42. The maximum atomic E-state index is 13.9. The highest BCUT2D eigenvalue weighted by molar-refractivity contribution is 7.79. The molecule has 208 valence electrons. The molecule has 0 N–H and O–H groups in total. The number of hydrogen-bond acceptors (Lipinski definition) is 5. The molecule has 1 saturated heterocycles. The van der Waals surface area contributed by atoms with E-state index in [4.69, 9.17) is 8.92 Å². The van der Waals surface area contributed by atoms with Crippen molar-refractivity contribution < 1.29 is 53.5 Å². The summed E-state index contributed by atoms with van der Waals surface area (Å²) >= 11 is -1.66. The minimum absolute atomic E-state index is 0.00940. The van der Waals surface area contributed by atoms with Gasteiger partial charge in [-0.15, -0.1) is 0 Å². The summed E-state index contributed by atoms with van der Waals surface area (Å²) < 4.78 is 117. The van der Waals surface area contributed by atoms with Gasteiger partial charge in [-0.25, -0.2) is 18.2 Å². The molecule has 38 heavy (non-hydrogen) atoms. The second-order valence-corrected chi connectivity index (χ2v) is 8.95. The average molecular weight is 571 g/mol. The Morgan fingerprint density at radius 3 is 2.24 bits per heavy atom. The fraction of sp³-hybridized carbons (Fsp3) is 0.364. The Kier molecular flexibility index (Phi) is 8.55. The van der Waals surface area contributed by atoms with Crippen LogP contribution >= 0.6 is 0 Å². The zero-order chi connectivity index (χ0) is 28.4. The van der Waals surface area contributed by atoms with E-state index in [9.17, 15) is 44.5 Å². The van der Waals surface area contributed by atoms with Crippen molar-refractivity contribution in [2.45, 2.75) is 12.4 Å². The molecule has 0 bridgehead atoms. The molecule has 8 nitrogen and oxygen atoms in total. The van der Waals surface area contributed by atoms with Gasteiger partial charge in [0.1, 0.15) is 11.4 Å². The van der Waals surface area contributed by atoms with Crippen molar-refractivity contribution in [3.05, 3.63) is 53.3 Å². The van der Waals surface area contributed by atoms with Gasteiger partial charge in [0.2, 0.25) is 0 Å². The van der Waals surface area contributed by atoms with E-state index in [-0.39, 0.29) is 44.1 Å². The normalized spacial score (nSPS) is 15.1. The predicted molar refractivity (Wildman–Crippen MR) is 122 cm³/mol. The van der Waals surface area contributed by atoms with Gasteiger partial charge in [0.05, 0.1) is 17.9 Å². The highest BCUT2D eigenvalue weighted by atomic mass is 32.2. The van der Waals surface area contributed by atoms with E-state index in [1.807, 2.05) is 0 Å². The zero-order valence-electron chi connectivity index (χ0n) is 19.7. The number of urea groups is 1. The van der Waals surface area contributed by atoms with Gasteiger partial charge < -0.3 is 9.64 Å². The number of nitrogens with zero attached hydrogens (tertiary/aromatic N) is 3. The van der Waals surface area contributed by atoms with Gasteiger partial charge in [-0.3, -0.25) is 14.0 Å². The van der Waals surface area contributed by atoms with Gasteiger partial charge in [-0.1, -0.05) is 0 Å². The third kappa shape index (κ3) is 6.72. The van der Waals surface area contributed by atoms with Gasteiger partial charge in [0, 0.05) is 38.6 Å². The number of anilines is 2. The third-order valence-electron chi connectivity index (χ3n) is 5.38. The molecule has 1 heterocycles. The highest BCUT2D eigenvalue weighted by Gasteiger charge is 2.44. The molecular formula is C22H20F7N3O5S. The van der Waals surface area contributed by atoms with Gasteiger partial charge >= 0.3 is 24.5 Å². The average Bonchev–Trinajstić information content (AvgIpc) is 3.17. The fourth-order valence-corrected chi connectivity index (χ4v) is 3.81. The summed E-state index contributed by atoms with van der Waals surface area (Å²) in [5.74, 6) is -1.97. The van der Waals surface area contributed by atoms with Gasteiger partial charge in [0.25, 0.3) is 0 Å². The first-order valence-electron chi connectivity index (χ1n) is 10.7. The molecule has 1 aliphatic rings. The quantitative estimate of drug-likeness (QED) is 0.435. The molecule has 0 spiro atoms. The van der Waals surface area contributed by atoms with Crippen molar-refractivity contribution >= 4 is 34.6 Å². The van der Waals surface area contributed by atoms with Gasteiger partial charge in [-0.2, -0.15) is 26.3 Å². The first-order chi connectivity index (χ1) is 17.6. The zero-order valence-corrected chi connectivity index (χ0v) is 20.5. The molecule has 0 radical (unpaired) electrons. The molecule has 0 aromatic heterocycles. The smallest absolute Gasteiger partial charge is 0.407 e. The van der Waals surface area contributed by atoms with Crippen molar-refractivity contribution in [2.75, 3.05) is 49.3 Å². The molecule has 1 unspecified atom stereocenters. The Labute approximate surface area is 214 Å². The SMILES string of the molecule is CN(C(=O)Oc1c(N2CCN(CCOS(C)=O)C2=O)cc(C(F)(F)F)cc1C(F)(F)F)c1ccc(F)cc1. The Morgan fingerprint density at radius 2 is 1.68 bits per heavy atom. The molecule has 1 aliphatic heterocycles. The van der Waals surface area contributed by atoms with Crippen LogP contribution in [0.5, 0.6) is 5.75 Å². The summed E-state index contributed by atoms with van der Waals surface area (Å²) in [6, 6.07) is 3.29. The van der Waals surface area contributed by atoms with Crippen LogP contribution in [0.15, 0.2) is 36.4 Å². The number of rotatable bonds is 7. The molecule has 0 aliphatic carbocycles. The summed E-state index contributed by atoms with van der Waals surface area (Å²) in [4.78, 5) is 28.0. The molecule has 3 rings (SSSR count). The van der Waals surface area contributed by atoms with Crippen molar-refractivity contribution in [1.29, 1.82) is 0 Å². The van der Waals surface area contributed by atoms with E-state index in [0.29, 0.717) is 9.80 Å². The van der Waals surface area contributed by atoms with E-state index in [0.717, 1.165) is 36.2 Å². The standard InChI is InChI=1S/C22H20F7N3O5S/c1-30(15-5-3-14(23)4-6-15)20(34)37-18-16(22(27,28)29)11-13(21(24,25)26)12-17(18)32-8-7-31(19(32)33)9-10-36-38(2)35/h3-6,11-12H,7-10H2,1-2H3. The largest absolute Gasteiger partial charge is 0.420 e. The van der Waals surface area contributed by atoms with Gasteiger partial charge in [0.15, 0.2) is 16.8 Å². The van der Waals surface area contributed by atoms with E-state index in [2.05, 4.69) is 0 Å². The lowest BCUT2D eigenvalue weighted by molar-refractivity contribution is -0.143. The maximum Gasteiger partial charge on any atom is 0.420 e.